The number of hydrogen-bond donors (Lipinski definition) is 2. The molecule has 2 aromatic rings. The van der Waals surface area contributed by atoms with E-state index < -0.39 is 0 Å². The Balaban J connectivity index is 2.35. The Bertz CT molecular complexity index is 877. The van der Waals surface area contributed by atoms with Gasteiger partial charge < -0.3 is 10.6 Å². The fourth-order valence-corrected chi connectivity index (χ4v) is 4.08. The molecule has 0 heterocycles. The number of allylic oxidation sites excluding steroid dienone is 2. The zero-order valence-corrected chi connectivity index (χ0v) is 21.1. The van der Waals surface area contributed by atoms with Gasteiger partial charge in [0.2, 0.25) is 0 Å². The molecule has 2 nitrogen and oxygen atoms in total. The van der Waals surface area contributed by atoms with Crippen LogP contribution in [0.4, 0.5) is 11.4 Å². The van der Waals surface area contributed by atoms with Gasteiger partial charge in [-0.2, -0.15) is 0 Å². The molecule has 0 atom stereocenters. The lowest BCUT2D eigenvalue weighted by Gasteiger charge is -2.23. The van der Waals surface area contributed by atoms with Crippen LogP contribution < -0.4 is 10.6 Å². The highest BCUT2D eigenvalue weighted by molar-refractivity contribution is 5.65. The fraction of sp³-hybridized carbons (Fsp3) is 0.448. The lowest BCUT2D eigenvalue weighted by atomic mass is 9.92. The molecule has 0 saturated heterocycles. The average molecular weight is 419 g/mol. The van der Waals surface area contributed by atoms with Crippen molar-refractivity contribution in [3.63, 3.8) is 0 Å². The molecular weight excluding hydrogens is 376 g/mol. The van der Waals surface area contributed by atoms with E-state index >= 15 is 0 Å². The average Bonchev–Trinajstić information content (AvgIpc) is 2.67. The lowest BCUT2D eigenvalue weighted by molar-refractivity contribution is 0.836. The van der Waals surface area contributed by atoms with E-state index in [2.05, 4.69) is 122 Å². The first-order chi connectivity index (χ1) is 14.5. The molecule has 0 saturated carbocycles. The summed E-state index contributed by atoms with van der Waals surface area (Å²) in [6.07, 6.45) is 2.11. The Morgan fingerprint density at radius 3 is 1.29 bits per heavy atom. The van der Waals surface area contributed by atoms with Crippen molar-refractivity contribution in [2.24, 2.45) is 0 Å². The highest BCUT2D eigenvalue weighted by Crippen LogP contribution is 2.35. The number of nitrogens with one attached hydrogen (secondary N) is 2. The molecule has 0 aliphatic rings. The SMILES string of the molecule is C=C(/C=C(\C)Nc1c(C(C)C)cccc1C(C)C)Nc1c(C(C)C)cccc1C(C)C. The molecule has 0 unspecified atom stereocenters. The molecule has 31 heavy (non-hydrogen) atoms. The summed E-state index contributed by atoms with van der Waals surface area (Å²) in [6, 6.07) is 13.2. The van der Waals surface area contributed by atoms with Gasteiger partial charge in [-0.15, -0.1) is 0 Å². The molecule has 0 radical (unpaired) electrons. The highest BCUT2D eigenvalue weighted by atomic mass is 14.9. The maximum Gasteiger partial charge on any atom is 0.0454 e. The van der Waals surface area contributed by atoms with Crippen molar-refractivity contribution in [3.8, 4) is 0 Å². The lowest BCUT2D eigenvalue weighted by Crippen LogP contribution is -2.09. The maximum absolute atomic E-state index is 4.32. The molecule has 2 heteroatoms. The van der Waals surface area contributed by atoms with Crippen molar-refractivity contribution in [1.29, 1.82) is 0 Å². The molecule has 0 bridgehead atoms. The Morgan fingerprint density at radius 2 is 0.968 bits per heavy atom. The summed E-state index contributed by atoms with van der Waals surface area (Å²) in [7, 11) is 0. The Hall–Kier alpha value is -2.48. The standard InChI is InChI=1S/C29H42N2/c1-18(2)24-13-11-14-25(19(3)4)28(24)30-22(9)17-23(10)31-29-26(20(5)6)15-12-16-27(29)21(7)8/h11-21,30-31H,9H2,1-8,10H3/b23-17+. The summed E-state index contributed by atoms with van der Waals surface area (Å²) < 4.78 is 0. The van der Waals surface area contributed by atoms with Crippen LogP contribution >= 0.6 is 0 Å². The third kappa shape index (κ3) is 6.26. The van der Waals surface area contributed by atoms with E-state index in [0.717, 1.165) is 11.4 Å². The molecule has 0 aliphatic heterocycles. The summed E-state index contributed by atoms with van der Waals surface area (Å²) in [5.41, 5.74) is 9.78. The number of para-hydroxylation sites is 2. The zero-order chi connectivity index (χ0) is 23.3. The van der Waals surface area contributed by atoms with E-state index in [9.17, 15) is 0 Å². The predicted octanol–water partition coefficient (Wildman–Crippen LogP) is 9.12. The summed E-state index contributed by atoms with van der Waals surface area (Å²) in [4.78, 5) is 0. The van der Waals surface area contributed by atoms with E-state index in [1.54, 1.807) is 0 Å². The third-order valence-corrected chi connectivity index (χ3v) is 5.74. The van der Waals surface area contributed by atoms with E-state index in [-0.39, 0.29) is 0 Å². The third-order valence-electron chi connectivity index (χ3n) is 5.74. The van der Waals surface area contributed by atoms with Crippen LogP contribution in [0.15, 0.2) is 60.4 Å². The van der Waals surface area contributed by atoms with Crippen LogP contribution in [-0.2, 0) is 0 Å². The van der Waals surface area contributed by atoms with E-state index in [1.807, 2.05) is 0 Å². The van der Waals surface area contributed by atoms with Crippen LogP contribution in [0.2, 0.25) is 0 Å². The molecule has 0 spiro atoms. The molecule has 2 aromatic carbocycles. The van der Waals surface area contributed by atoms with Crippen LogP contribution in [0.1, 0.15) is 108 Å². The van der Waals surface area contributed by atoms with Gasteiger partial charge in [-0.05, 0) is 58.9 Å². The Kier molecular flexibility index (Phi) is 8.56. The van der Waals surface area contributed by atoms with Gasteiger partial charge in [-0.25, -0.2) is 0 Å². The quantitative estimate of drug-likeness (QED) is 0.397. The molecule has 0 fully saturated rings. The van der Waals surface area contributed by atoms with Gasteiger partial charge in [0, 0.05) is 22.8 Å². The second kappa shape index (κ2) is 10.7. The first kappa shape index (κ1) is 24.8. The number of hydrogen-bond acceptors (Lipinski definition) is 2. The molecule has 0 aromatic heterocycles. The second-order valence-electron chi connectivity index (χ2n) is 9.84. The second-order valence-corrected chi connectivity index (χ2v) is 9.84. The minimum Gasteiger partial charge on any atom is -0.359 e. The van der Waals surface area contributed by atoms with Crippen molar-refractivity contribution in [3.05, 3.63) is 82.7 Å². The van der Waals surface area contributed by atoms with Crippen LogP contribution in [0, 0.1) is 0 Å². The molecular formula is C29H42N2. The molecule has 2 N–H and O–H groups in total. The number of rotatable bonds is 9. The van der Waals surface area contributed by atoms with Gasteiger partial charge >= 0.3 is 0 Å². The first-order valence-electron chi connectivity index (χ1n) is 11.7. The van der Waals surface area contributed by atoms with E-state index in [4.69, 9.17) is 0 Å². The van der Waals surface area contributed by atoms with Crippen LogP contribution in [0.3, 0.4) is 0 Å². The summed E-state index contributed by atoms with van der Waals surface area (Å²) in [6.45, 7) is 24.4. The minimum atomic E-state index is 0.448. The number of benzene rings is 2. The summed E-state index contributed by atoms with van der Waals surface area (Å²) in [5.74, 6) is 1.82. The highest BCUT2D eigenvalue weighted by Gasteiger charge is 2.15. The van der Waals surface area contributed by atoms with Crippen molar-refractivity contribution in [2.75, 3.05) is 10.6 Å². The van der Waals surface area contributed by atoms with Gasteiger partial charge in [0.1, 0.15) is 0 Å². The molecule has 0 amide bonds. The van der Waals surface area contributed by atoms with E-state index in [1.165, 1.54) is 33.6 Å². The summed E-state index contributed by atoms with van der Waals surface area (Å²) >= 11 is 0. The van der Waals surface area contributed by atoms with Crippen molar-refractivity contribution >= 4 is 11.4 Å². The number of anilines is 2. The normalized spacial score (nSPS) is 12.2. The van der Waals surface area contributed by atoms with Gasteiger partial charge in [-0.3, -0.25) is 0 Å². The molecule has 168 valence electrons. The fourth-order valence-electron chi connectivity index (χ4n) is 4.08. The smallest absolute Gasteiger partial charge is 0.0454 e. The summed E-state index contributed by atoms with van der Waals surface area (Å²) in [5, 5.41) is 7.32. The Labute approximate surface area is 190 Å². The van der Waals surface area contributed by atoms with Gasteiger partial charge in [0.15, 0.2) is 0 Å². The van der Waals surface area contributed by atoms with Crippen molar-refractivity contribution in [2.45, 2.75) is 86.0 Å². The van der Waals surface area contributed by atoms with Gasteiger partial charge in [0.25, 0.3) is 0 Å². The maximum atomic E-state index is 4.32. The molecule has 0 aliphatic carbocycles. The van der Waals surface area contributed by atoms with Gasteiger partial charge in [0.05, 0.1) is 0 Å². The largest absolute Gasteiger partial charge is 0.359 e. The predicted molar refractivity (Wildman–Crippen MR) is 139 cm³/mol. The van der Waals surface area contributed by atoms with Crippen molar-refractivity contribution in [1.82, 2.24) is 0 Å². The van der Waals surface area contributed by atoms with E-state index in [0.29, 0.717) is 23.7 Å². The van der Waals surface area contributed by atoms with Crippen LogP contribution in [0.5, 0.6) is 0 Å². The zero-order valence-electron chi connectivity index (χ0n) is 21.1. The topological polar surface area (TPSA) is 24.1 Å². The first-order valence-corrected chi connectivity index (χ1v) is 11.7. The minimum absolute atomic E-state index is 0.448. The van der Waals surface area contributed by atoms with Crippen LogP contribution in [-0.4, -0.2) is 0 Å². The van der Waals surface area contributed by atoms with Crippen molar-refractivity contribution < 1.29 is 0 Å². The van der Waals surface area contributed by atoms with Crippen LogP contribution in [0.25, 0.3) is 0 Å². The van der Waals surface area contributed by atoms with Gasteiger partial charge in [-0.1, -0.05) is 98.4 Å². The molecule has 2 rings (SSSR count). The monoisotopic (exact) mass is 418 g/mol. The Morgan fingerprint density at radius 1 is 0.645 bits per heavy atom.